The van der Waals surface area contributed by atoms with Gasteiger partial charge in [-0.2, -0.15) is 4.98 Å². The summed E-state index contributed by atoms with van der Waals surface area (Å²) in [6.07, 6.45) is 3.56. The molecule has 1 aliphatic rings. The molecule has 1 fully saturated rings. The summed E-state index contributed by atoms with van der Waals surface area (Å²) in [5.41, 5.74) is 0. The van der Waals surface area contributed by atoms with E-state index in [1.807, 2.05) is 4.90 Å². The van der Waals surface area contributed by atoms with Crippen LogP contribution >= 0.6 is 11.6 Å². The van der Waals surface area contributed by atoms with Gasteiger partial charge in [-0.15, -0.1) is 0 Å². The minimum absolute atomic E-state index is 0.121. The Morgan fingerprint density at radius 3 is 2.90 bits per heavy atom. The molecule has 6 nitrogen and oxygen atoms in total. The van der Waals surface area contributed by atoms with Crippen LogP contribution < -0.4 is 10.2 Å². The zero-order chi connectivity index (χ0) is 15.2. The number of nitrogens with one attached hydrogen (secondary N) is 1. The summed E-state index contributed by atoms with van der Waals surface area (Å²) in [5.74, 6) is 1.47. The Bertz CT molecular complexity index is 496. The van der Waals surface area contributed by atoms with Gasteiger partial charge < -0.3 is 15.1 Å². The third kappa shape index (κ3) is 4.20. The number of hydrogen-bond donors (Lipinski definition) is 1. The fraction of sp³-hybridized carbons (Fsp3) is 0.643. The molecular formula is C14H22ClN5O. The number of aromatic nitrogens is 2. The van der Waals surface area contributed by atoms with Crippen LogP contribution in [0.1, 0.15) is 26.7 Å². The Balaban J connectivity index is 2.11. The lowest BCUT2D eigenvalue weighted by Gasteiger charge is -2.23. The third-order valence-corrected chi connectivity index (χ3v) is 3.77. The molecule has 1 aromatic heterocycles. The highest BCUT2D eigenvalue weighted by Crippen LogP contribution is 2.24. The first-order valence-corrected chi connectivity index (χ1v) is 7.76. The van der Waals surface area contributed by atoms with Crippen molar-refractivity contribution in [3.05, 3.63) is 11.2 Å². The average Bonchev–Trinajstić information content (AvgIpc) is 2.72. The van der Waals surface area contributed by atoms with E-state index in [0.29, 0.717) is 17.5 Å². The largest absolute Gasteiger partial charge is 0.354 e. The molecule has 0 unspecified atom stereocenters. The highest BCUT2D eigenvalue weighted by molar-refractivity contribution is 6.32. The first-order valence-electron chi connectivity index (χ1n) is 7.38. The molecule has 2 heterocycles. The van der Waals surface area contributed by atoms with Crippen molar-refractivity contribution in [1.82, 2.24) is 14.9 Å². The molecule has 1 N–H and O–H groups in total. The number of amides is 1. The van der Waals surface area contributed by atoms with Crippen LogP contribution in [0.25, 0.3) is 0 Å². The predicted molar refractivity (Wildman–Crippen MR) is 84.9 cm³/mol. The van der Waals surface area contributed by atoms with Gasteiger partial charge in [-0.3, -0.25) is 4.79 Å². The minimum atomic E-state index is 0.121. The SMILES string of the molecule is CCCNc1ncc(Cl)c(N2CCCN(C(C)=O)CC2)n1. The van der Waals surface area contributed by atoms with Crippen LogP contribution in [0.15, 0.2) is 6.20 Å². The second-order valence-electron chi connectivity index (χ2n) is 5.14. The number of carbonyl (C=O) groups is 1. The van der Waals surface area contributed by atoms with Crippen LogP contribution in [0.5, 0.6) is 0 Å². The first-order chi connectivity index (χ1) is 10.1. The van der Waals surface area contributed by atoms with Gasteiger partial charge in [0.25, 0.3) is 0 Å². The van der Waals surface area contributed by atoms with E-state index in [4.69, 9.17) is 11.6 Å². The van der Waals surface area contributed by atoms with Gasteiger partial charge in [0.15, 0.2) is 5.82 Å². The number of hydrogen-bond acceptors (Lipinski definition) is 5. The van der Waals surface area contributed by atoms with Crippen molar-refractivity contribution in [2.24, 2.45) is 0 Å². The third-order valence-electron chi connectivity index (χ3n) is 3.50. The van der Waals surface area contributed by atoms with E-state index in [2.05, 4.69) is 27.1 Å². The van der Waals surface area contributed by atoms with Crippen LogP contribution in [-0.2, 0) is 4.79 Å². The number of nitrogens with zero attached hydrogens (tertiary/aromatic N) is 4. The van der Waals surface area contributed by atoms with Crippen LogP contribution in [0.4, 0.5) is 11.8 Å². The van der Waals surface area contributed by atoms with E-state index in [0.717, 1.165) is 44.8 Å². The fourth-order valence-electron chi connectivity index (χ4n) is 2.35. The van der Waals surface area contributed by atoms with Gasteiger partial charge in [0.05, 0.1) is 6.20 Å². The summed E-state index contributed by atoms with van der Waals surface area (Å²) in [6, 6.07) is 0. The Hall–Kier alpha value is -1.56. The lowest BCUT2D eigenvalue weighted by molar-refractivity contribution is -0.128. The number of carbonyl (C=O) groups excluding carboxylic acids is 1. The zero-order valence-electron chi connectivity index (χ0n) is 12.6. The highest BCUT2D eigenvalue weighted by Gasteiger charge is 2.19. The quantitative estimate of drug-likeness (QED) is 0.921. The number of halogens is 1. The molecule has 0 atom stereocenters. The molecule has 1 amide bonds. The standard InChI is InChI=1S/C14H22ClN5O/c1-3-5-16-14-17-10-12(15)13(18-14)20-7-4-6-19(8-9-20)11(2)21/h10H,3-9H2,1-2H3,(H,16,17,18). The van der Waals surface area contributed by atoms with Crippen molar-refractivity contribution in [3.63, 3.8) is 0 Å². The molecule has 0 saturated carbocycles. The minimum Gasteiger partial charge on any atom is -0.354 e. The van der Waals surface area contributed by atoms with Crippen LogP contribution in [-0.4, -0.2) is 53.5 Å². The molecule has 1 aromatic rings. The Morgan fingerprint density at radius 1 is 1.38 bits per heavy atom. The summed E-state index contributed by atoms with van der Waals surface area (Å²) >= 11 is 6.24. The van der Waals surface area contributed by atoms with Gasteiger partial charge in [-0.05, 0) is 12.8 Å². The maximum absolute atomic E-state index is 11.5. The van der Waals surface area contributed by atoms with Crippen molar-refractivity contribution in [2.45, 2.75) is 26.7 Å². The molecule has 1 saturated heterocycles. The van der Waals surface area contributed by atoms with E-state index in [-0.39, 0.29) is 5.91 Å². The molecular weight excluding hydrogens is 290 g/mol. The zero-order valence-corrected chi connectivity index (χ0v) is 13.4. The summed E-state index contributed by atoms with van der Waals surface area (Å²) in [6.45, 7) is 7.61. The van der Waals surface area contributed by atoms with E-state index in [1.165, 1.54) is 0 Å². The van der Waals surface area contributed by atoms with Crippen LogP contribution in [0, 0.1) is 0 Å². The molecule has 0 aromatic carbocycles. The van der Waals surface area contributed by atoms with Crippen molar-refractivity contribution < 1.29 is 4.79 Å². The van der Waals surface area contributed by atoms with Crippen molar-refractivity contribution in [3.8, 4) is 0 Å². The first kappa shape index (κ1) is 15.8. The van der Waals surface area contributed by atoms with Gasteiger partial charge in [0.1, 0.15) is 5.02 Å². The monoisotopic (exact) mass is 311 g/mol. The average molecular weight is 312 g/mol. The van der Waals surface area contributed by atoms with Gasteiger partial charge in [0.2, 0.25) is 11.9 Å². The van der Waals surface area contributed by atoms with Crippen molar-refractivity contribution in [1.29, 1.82) is 0 Å². The predicted octanol–water partition coefficient (Wildman–Crippen LogP) is 2.01. The molecule has 0 radical (unpaired) electrons. The van der Waals surface area contributed by atoms with E-state index in [9.17, 15) is 4.79 Å². The maximum atomic E-state index is 11.5. The number of anilines is 2. The van der Waals surface area contributed by atoms with Gasteiger partial charge in [-0.1, -0.05) is 18.5 Å². The molecule has 21 heavy (non-hydrogen) atoms. The van der Waals surface area contributed by atoms with Crippen LogP contribution in [0.3, 0.4) is 0 Å². The van der Waals surface area contributed by atoms with Crippen molar-refractivity contribution in [2.75, 3.05) is 42.9 Å². The second-order valence-corrected chi connectivity index (χ2v) is 5.55. The molecule has 1 aliphatic heterocycles. The lowest BCUT2D eigenvalue weighted by atomic mass is 10.3. The van der Waals surface area contributed by atoms with Crippen molar-refractivity contribution >= 4 is 29.3 Å². The van der Waals surface area contributed by atoms with E-state index >= 15 is 0 Å². The molecule has 2 rings (SSSR count). The number of rotatable bonds is 4. The fourth-order valence-corrected chi connectivity index (χ4v) is 2.56. The van der Waals surface area contributed by atoms with Gasteiger partial charge in [0, 0.05) is 39.6 Å². The maximum Gasteiger partial charge on any atom is 0.224 e. The Morgan fingerprint density at radius 2 is 2.19 bits per heavy atom. The van der Waals surface area contributed by atoms with Gasteiger partial charge in [-0.25, -0.2) is 4.98 Å². The van der Waals surface area contributed by atoms with E-state index in [1.54, 1.807) is 13.1 Å². The Kier molecular flexibility index (Phi) is 5.61. The molecule has 0 aliphatic carbocycles. The molecule has 0 bridgehead atoms. The summed E-state index contributed by atoms with van der Waals surface area (Å²) < 4.78 is 0. The van der Waals surface area contributed by atoms with Gasteiger partial charge >= 0.3 is 0 Å². The summed E-state index contributed by atoms with van der Waals surface area (Å²) in [4.78, 5) is 24.2. The lowest BCUT2D eigenvalue weighted by Crippen LogP contribution is -2.34. The topological polar surface area (TPSA) is 61.4 Å². The molecule has 116 valence electrons. The van der Waals surface area contributed by atoms with E-state index < -0.39 is 0 Å². The normalized spacial score (nSPS) is 15.8. The molecule has 0 spiro atoms. The summed E-state index contributed by atoms with van der Waals surface area (Å²) in [7, 11) is 0. The Labute approximate surface area is 130 Å². The van der Waals surface area contributed by atoms with Crippen LogP contribution in [0.2, 0.25) is 5.02 Å². The highest BCUT2D eigenvalue weighted by atomic mass is 35.5. The second kappa shape index (κ2) is 7.45. The smallest absolute Gasteiger partial charge is 0.224 e. The summed E-state index contributed by atoms with van der Waals surface area (Å²) in [5, 5.41) is 3.72. The molecule has 7 heteroatoms.